The molecule has 208 valence electrons. The van der Waals surface area contributed by atoms with Gasteiger partial charge in [0.1, 0.15) is 23.9 Å². The summed E-state index contributed by atoms with van der Waals surface area (Å²) in [4.78, 5) is 34.1. The van der Waals surface area contributed by atoms with Crippen LogP contribution < -0.4 is 16.4 Å². The van der Waals surface area contributed by atoms with Crippen LogP contribution in [0.1, 0.15) is 88.3 Å². The Morgan fingerprint density at radius 1 is 1.23 bits per heavy atom. The lowest BCUT2D eigenvalue weighted by Crippen LogP contribution is -2.29. The van der Waals surface area contributed by atoms with E-state index in [9.17, 15) is 14.7 Å². The molecular formula is C29H33N7O4. The number of rotatable bonds is 7. The third kappa shape index (κ3) is 5.65. The number of nitrogens with zero attached hydrogens (tertiary/aromatic N) is 4. The van der Waals surface area contributed by atoms with E-state index in [1.54, 1.807) is 18.2 Å². The maximum Gasteiger partial charge on any atom is 0.338 e. The van der Waals surface area contributed by atoms with Gasteiger partial charge in [-0.2, -0.15) is 14.6 Å². The molecule has 5 N–H and O–H groups in total. The van der Waals surface area contributed by atoms with Gasteiger partial charge < -0.3 is 20.9 Å². The zero-order valence-electron chi connectivity index (χ0n) is 22.9. The average molecular weight is 544 g/mol. The lowest BCUT2D eigenvalue weighted by Gasteiger charge is -2.22. The number of esters is 1. The van der Waals surface area contributed by atoms with Crippen molar-refractivity contribution in [3.05, 3.63) is 88.0 Å². The molecule has 1 amide bonds. The molecule has 2 aromatic carbocycles. The molecule has 2 atom stereocenters. The summed E-state index contributed by atoms with van der Waals surface area (Å²) in [7, 11) is 0. The summed E-state index contributed by atoms with van der Waals surface area (Å²) in [5, 5.41) is 21.5. The fourth-order valence-corrected chi connectivity index (χ4v) is 5.01. The van der Waals surface area contributed by atoms with E-state index in [4.69, 9.17) is 10.5 Å². The van der Waals surface area contributed by atoms with Crippen LogP contribution in [0.15, 0.2) is 48.8 Å². The Hall–Kier alpha value is -4.35. The number of amides is 1. The number of fused-ring (bicyclic) bond motifs is 2. The minimum Gasteiger partial charge on any atom is -0.456 e. The Bertz CT molecular complexity index is 1590. The number of carbonyl (C=O) groups is 2. The summed E-state index contributed by atoms with van der Waals surface area (Å²) in [6.45, 7) is 7.72. The van der Waals surface area contributed by atoms with Crippen LogP contribution in [0.5, 0.6) is 0 Å². The van der Waals surface area contributed by atoms with Crippen molar-refractivity contribution in [2.45, 2.75) is 65.0 Å². The quantitative estimate of drug-likeness (QED) is 0.156. The highest BCUT2D eigenvalue weighted by atomic mass is 16.6. The highest BCUT2D eigenvalue weighted by Gasteiger charge is 2.30. The van der Waals surface area contributed by atoms with E-state index in [-0.39, 0.29) is 30.0 Å². The molecule has 0 saturated heterocycles. The van der Waals surface area contributed by atoms with E-state index in [0.29, 0.717) is 16.9 Å². The van der Waals surface area contributed by atoms with Crippen molar-refractivity contribution in [2.75, 3.05) is 5.73 Å². The lowest BCUT2D eigenvalue weighted by atomic mass is 9.97. The lowest BCUT2D eigenvalue weighted by molar-refractivity contribution is 0.00684. The first-order valence-electron chi connectivity index (χ1n) is 13.1. The summed E-state index contributed by atoms with van der Waals surface area (Å²) >= 11 is 0. The minimum absolute atomic E-state index is 0.102. The largest absolute Gasteiger partial charge is 0.456 e. The molecule has 0 aliphatic heterocycles. The molecule has 11 heteroatoms. The molecule has 1 aliphatic carbocycles. The summed E-state index contributed by atoms with van der Waals surface area (Å²) in [6.07, 6.45) is 1.62. The fraction of sp³-hybridized carbons (Fsp3) is 0.345. The number of aliphatic hydroxyl groups excluding tert-OH is 1. The highest BCUT2D eigenvalue weighted by molar-refractivity contribution is 5.93. The fourth-order valence-electron chi connectivity index (χ4n) is 5.01. The van der Waals surface area contributed by atoms with Crippen LogP contribution in [0, 0.1) is 6.92 Å². The summed E-state index contributed by atoms with van der Waals surface area (Å²) in [6, 6.07) is 12.2. The first-order chi connectivity index (χ1) is 19.0. The number of anilines is 1. The topological polar surface area (TPSA) is 157 Å². The van der Waals surface area contributed by atoms with Crippen molar-refractivity contribution < 1.29 is 19.4 Å². The number of ether oxygens (including phenoxy) is 1. The number of benzene rings is 2. The molecule has 2 heterocycles. The summed E-state index contributed by atoms with van der Waals surface area (Å²) in [5.41, 5.74) is 10.6. The maximum absolute atomic E-state index is 13.0. The monoisotopic (exact) mass is 543 g/mol. The summed E-state index contributed by atoms with van der Waals surface area (Å²) in [5.74, 6) is -0.578. The van der Waals surface area contributed by atoms with Crippen molar-refractivity contribution in [1.29, 1.82) is 0 Å². The predicted octanol–water partition coefficient (Wildman–Crippen LogP) is 3.17. The second-order valence-corrected chi connectivity index (χ2v) is 10.9. The molecule has 1 unspecified atom stereocenters. The van der Waals surface area contributed by atoms with Gasteiger partial charge in [-0.3, -0.25) is 10.1 Å². The van der Waals surface area contributed by atoms with Gasteiger partial charge in [-0.25, -0.2) is 9.78 Å². The molecule has 2 aromatic heterocycles. The van der Waals surface area contributed by atoms with Gasteiger partial charge in [0, 0.05) is 18.3 Å². The number of hydrogen-bond donors (Lipinski definition) is 4. The zero-order valence-corrected chi connectivity index (χ0v) is 22.9. The van der Waals surface area contributed by atoms with Crippen molar-refractivity contribution in [3.8, 4) is 0 Å². The van der Waals surface area contributed by atoms with E-state index < -0.39 is 17.7 Å². The van der Waals surface area contributed by atoms with Crippen LogP contribution >= 0.6 is 0 Å². The Kier molecular flexibility index (Phi) is 7.26. The van der Waals surface area contributed by atoms with Crippen LogP contribution in [0.2, 0.25) is 0 Å². The van der Waals surface area contributed by atoms with Crippen LogP contribution in [-0.4, -0.2) is 42.2 Å². The van der Waals surface area contributed by atoms with E-state index in [2.05, 4.69) is 25.7 Å². The van der Waals surface area contributed by atoms with Gasteiger partial charge in [0.25, 0.3) is 11.7 Å². The third-order valence-electron chi connectivity index (χ3n) is 6.87. The molecule has 0 bridgehead atoms. The SMILES string of the molecule is Cc1c(C(=O)OC(C)(C)C)ccc2c1CC[C@@H]2NC(O)c1cc(C(=O)NCc2cccc(N)c2)nc2ncnn12. The van der Waals surface area contributed by atoms with Crippen LogP contribution in [0.25, 0.3) is 5.78 Å². The van der Waals surface area contributed by atoms with Crippen molar-refractivity contribution in [3.63, 3.8) is 0 Å². The van der Waals surface area contributed by atoms with Crippen molar-refractivity contribution >= 4 is 23.3 Å². The summed E-state index contributed by atoms with van der Waals surface area (Å²) < 4.78 is 6.97. The molecule has 0 saturated carbocycles. The highest BCUT2D eigenvalue weighted by Crippen LogP contribution is 2.36. The maximum atomic E-state index is 13.0. The number of nitrogens with two attached hydrogens (primary N) is 1. The zero-order chi connectivity index (χ0) is 28.6. The van der Waals surface area contributed by atoms with Gasteiger partial charge in [-0.15, -0.1) is 0 Å². The van der Waals surface area contributed by atoms with Crippen molar-refractivity contribution in [1.82, 2.24) is 30.2 Å². The second kappa shape index (κ2) is 10.7. The molecule has 5 rings (SSSR count). The van der Waals surface area contributed by atoms with E-state index in [0.717, 1.165) is 35.1 Å². The number of carbonyl (C=O) groups excluding carboxylic acids is 2. The molecule has 0 fully saturated rings. The standard InChI is InChI=1S/C29H33N7O4/c1-16-19-10-11-22(21(19)9-8-20(16)27(39)40-29(2,3)4)34-26(38)24-13-23(35-28-32-15-33-36(24)28)25(37)31-14-17-6-5-7-18(30)12-17/h5-9,12-13,15,22,26,34,38H,10-11,14,30H2,1-4H3,(H,31,37)/t22-,26?/m0/s1. The minimum atomic E-state index is -1.17. The predicted molar refractivity (Wildman–Crippen MR) is 148 cm³/mol. The van der Waals surface area contributed by atoms with Crippen LogP contribution in [0.3, 0.4) is 0 Å². The first-order valence-corrected chi connectivity index (χ1v) is 13.1. The van der Waals surface area contributed by atoms with Gasteiger partial charge in [0.2, 0.25) is 0 Å². The first kappa shape index (κ1) is 27.2. The van der Waals surface area contributed by atoms with Gasteiger partial charge in [-0.1, -0.05) is 18.2 Å². The third-order valence-corrected chi connectivity index (χ3v) is 6.87. The number of nitrogens with one attached hydrogen (secondary N) is 2. The molecule has 0 spiro atoms. The molecule has 4 aromatic rings. The van der Waals surface area contributed by atoms with Gasteiger partial charge in [-0.05, 0) is 87.1 Å². The van der Waals surface area contributed by atoms with E-state index in [1.165, 1.54) is 16.9 Å². The second-order valence-electron chi connectivity index (χ2n) is 10.9. The van der Waals surface area contributed by atoms with E-state index in [1.807, 2.05) is 45.9 Å². The van der Waals surface area contributed by atoms with Crippen LogP contribution in [-0.2, 0) is 17.7 Å². The van der Waals surface area contributed by atoms with Gasteiger partial charge in [0.05, 0.1) is 11.3 Å². The number of nitrogen functional groups attached to an aromatic ring is 1. The molecule has 40 heavy (non-hydrogen) atoms. The Morgan fingerprint density at radius 3 is 2.77 bits per heavy atom. The van der Waals surface area contributed by atoms with Crippen LogP contribution in [0.4, 0.5) is 5.69 Å². The Labute approximate surface area is 231 Å². The number of hydrogen-bond acceptors (Lipinski definition) is 9. The van der Waals surface area contributed by atoms with Crippen molar-refractivity contribution in [2.24, 2.45) is 0 Å². The molecule has 1 aliphatic rings. The number of aromatic nitrogens is 4. The Balaban J connectivity index is 1.35. The van der Waals surface area contributed by atoms with Gasteiger partial charge >= 0.3 is 5.97 Å². The van der Waals surface area contributed by atoms with Gasteiger partial charge in [0.15, 0.2) is 0 Å². The molecule has 11 nitrogen and oxygen atoms in total. The number of aliphatic hydroxyl groups is 1. The Morgan fingerprint density at radius 2 is 2.02 bits per heavy atom. The normalized spacial score (nSPS) is 15.6. The smallest absolute Gasteiger partial charge is 0.338 e. The van der Waals surface area contributed by atoms with E-state index >= 15 is 0 Å². The average Bonchev–Trinajstić information content (AvgIpc) is 3.53. The molecular weight excluding hydrogens is 510 g/mol. The molecule has 0 radical (unpaired) electrons.